The number of aromatic hydroxyl groups is 1. The van der Waals surface area contributed by atoms with Gasteiger partial charge in [0.05, 0.1) is 39.5 Å². The van der Waals surface area contributed by atoms with Crippen LogP contribution in [-0.2, 0) is 28.5 Å². The minimum absolute atomic E-state index is 0.0234. The minimum Gasteiger partial charge on any atom is -0.502 e. The molecule has 0 spiro atoms. The van der Waals surface area contributed by atoms with Gasteiger partial charge in [-0.2, -0.15) is 0 Å². The van der Waals surface area contributed by atoms with E-state index in [4.69, 9.17) is 42.6 Å². The molecule has 5 aliphatic rings. The molecule has 13 heteroatoms. The maximum absolute atomic E-state index is 13.4. The summed E-state index contributed by atoms with van der Waals surface area (Å²) in [4.78, 5) is 13.4. The summed E-state index contributed by atoms with van der Waals surface area (Å²) in [6.45, 7) is 3.80. The van der Waals surface area contributed by atoms with Crippen LogP contribution in [0.5, 0.6) is 28.7 Å². The SMILES string of the molecule is C=CC1OCC2OC(O[C@@H]3c4cc5c(cc4[C@@H](c4cc(OC)c(O)c(OC)c4)[C@H]4C(=O)OC[C@@H]43)OCO5)C(O)C(O)C2O1. The lowest BCUT2D eigenvalue weighted by molar-refractivity contribution is -0.360. The Balaban J connectivity index is 1.30. The van der Waals surface area contributed by atoms with E-state index >= 15 is 0 Å². The van der Waals surface area contributed by atoms with Crippen molar-refractivity contribution in [2.24, 2.45) is 11.8 Å². The number of ether oxygens (including phenoxy) is 9. The van der Waals surface area contributed by atoms with Crippen LogP contribution in [0.15, 0.2) is 36.9 Å². The first-order chi connectivity index (χ1) is 20.8. The van der Waals surface area contributed by atoms with Crippen LogP contribution in [0.3, 0.4) is 0 Å². The number of fused-ring (bicyclic) bond motifs is 4. The van der Waals surface area contributed by atoms with Gasteiger partial charge in [-0.05, 0) is 47.0 Å². The van der Waals surface area contributed by atoms with E-state index in [9.17, 15) is 20.1 Å². The number of phenols is 1. The number of hydrogen-bond donors (Lipinski definition) is 3. The highest BCUT2D eigenvalue weighted by Gasteiger charge is 2.56. The van der Waals surface area contributed by atoms with Gasteiger partial charge in [0.2, 0.25) is 12.5 Å². The normalized spacial score (nSPS) is 35.8. The van der Waals surface area contributed by atoms with E-state index in [0.717, 1.165) is 0 Å². The molecule has 6 unspecified atom stereocenters. The number of aliphatic hydroxyl groups excluding tert-OH is 2. The number of carbonyl (C=O) groups excluding carboxylic acids is 1. The fraction of sp³-hybridized carbons (Fsp3) is 0.500. The van der Waals surface area contributed by atoms with Gasteiger partial charge in [-0.1, -0.05) is 6.58 Å². The highest BCUT2D eigenvalue weighted by molar-refractivity contribution is 5.79. The van der Waals surface area contributed by atoms with E-state index in [-0.39, 0.29) is 37.3 Å². The second-order valence-electron chi connectivity index (χ2n) is 11.0. The van der Waals surface area contributed by atoms with Gasteiger partial charge in [0, 0.05) is 11.8 Å². The number of benzene rings is 2. The second kappa shape index (κ2) is 10.8. The molecule has 230 valence electrons. The molecular weight excluding hydrogens is 568 g/mol. The van der Waals surface area contributed by atoms with E-state index in [2.05, 4.69) is 6.58 Å². The summed E-state index contributed by atoms with van der Waals surface area (Å²) in [5.74, 6) is -1.10. The largest absolute Gasteiger partial charge is 0.502 e. The van der Waals surface area contributed by atoms with Crippen molar-refractivity contribution in [2.75, 3.05) is 34.2 Å². The van der Waals surface area contributed by atoms with Crippen LogP contribution in [0, 0.1) is 11.8 Å². The molecule has 2 aromatic carbocycles. The number of aliphatic hydroxyl groups is 2. The molecule has 0 amide bonds. The van der Waals surface area contributed by atoms with Crippen LogP contribution < -0.4 is 18.9 Å². The van der Waals surface area contributed by atoms with Crippen LogP contribution in [0.2, 0.25) is 0 Å². The summed E-state index contributed by atoms with van der Waals surface area (Å²) < 4.78 is 51.6. The molecule has 1 aliphatic carbocycles. The van der Waals surface area contributed by atoms with Crippen molar-refractivity contribution in [2.45, 2.75) is 49.0 Å². The summed E-state index contributed by atoms with van der Waals surface area (Å²) in [7, 11) is 2.85. The fourth-order valence-corrected chi connectivity index (χ4v) is 6.75. The number of carbonyl (C=O) groups is 1. The number of esters is 1. The van der Waals surface area contributed by atoms with E-state index in [1.807, 2.05) is 0 Å². The molecule has 0 aromatic heterocycles. The molecule has 0 saturated carbocycles. The molecule has 2 aromatic rings. The Bertz CT molecular complexity index is 1400. The quantitative estimate of drug-likeness (QED) is 0.324. The molecule has 43 heavy (non-hydrogen) atoms. The van der Waals surface area contributed by atoms with Crippen molar-refractivity contribution in [1.29, 1.82) is 0 Å². The van der Waals surface area contributed by atoms with Crippen molar-refractivity contribution in [3.8, 4) is 28.7 Å². The smallest absolute Gasteiger partial charge is 0.310 e. The van der Waals surface area contributed by atoms with Gasteiger partial charge in [-0.15, -0.1) is 0 Å². The van der Waals surface area contributed by atoms with Crippen molar-refractivity contribution < 1.29 is 62.7 Å². The van der Waals surface area contributed by atoms with Gasteiger partial charge in [0.15, 0.2) is 35.6 Å². The highest BCUT2D eigenvalue weighted by atomic mass is 16.8. The van der Waals surface area contributed by atoms with Gasteiger partial charge in [0.1, 0.15) is 24.4 Å². The second-order valence-corrected chi connectivity index (χ2v) is 11.0. The molecule has 4 heterocycles. The third-order valence-electron chi connectivity index (χ3n) is 8.81. The Kier molecular flexibility index (Phi) is 7.11. The number of methoxy groups -OCH3 is 2. The average molecular weight is 601 g/mol. The predicted molar refractivity (Wildman–Crippen MR) is 143 cm³/mol. The molecule has 0 radical (unpaired) electrons. The highest BCUT2D eigenvalue weighted by Crippen LogP contribution is 2.57. The van der Waals surface area contributed by atoms with E-state index in [1.165, 1.54) is 20.3 Å². The van der Waals surface area contributed by atoms with Crippen LogP contribution in [0.1, 0.15) is 28.7 Å². The lowest BCUT2D eigenvalue weighted by Gasteiger charge is -2.47. The topological polar surface area (TPSA) is 161 Å². The van der Waals surface area contributed by atoms with Crippen LogP contribution in [0.25, 0.3) is 0 Å². The number of phenolic OH excluding ortho intramolecular Hbond substituents is 1. The zero-order valence-electron chi connectivity index (χ0n) is 23.4. The van der Waals surface area contributed by atoms with E-state index < -0.39 is 66.8 Å². The molecular formula is C30H32O13. The Morgan fingerprint density at radius 1 is 0.930 bits per heavy atom. The Labute approximate surface area is 246 Å². The first-order valence-electron chi connectivity index (χ1n) is 13.9. The molecule has 3 fully saturated rings. The zero-order valence-corrected chi connectivity index (χ0v) is 23.4. The summed E-state index contributed by atoms with van der Waals surface area (Å²) in [6.07, 6.45) is -5.77. The van der Waals surface area contributed by atoms with Gasteiger partial charge in [-0.25, -0.2) is 0 Å². The van der Waals surface area contributed by atoms with Gasteiger partial charge in [0.25, 0.3) is 0 Å². The third-order valence-corrected chi connectivity index (χ3v) is 8.81. The van der Waals surface area contributed by atoms with E-state index in [0.29, 0.717) is 28.2 Å². The summed E-state index contributed by atoms with van der Waals surface area (Å²) in [6, 6.07) is 6.91. The standard InChI is InChI=1S/C30H32O13/c1-4-21-37-10-20-28(42-21)25(32)26(33)30(41-20)43-27-14-8-17-16(39-11-40-17)7-13(14)22(23-15(27)9-38-29(23)34)12-5-18(35-2)24(31)19(6-12)36-3/h4-8,15,20-23,25-28,30-33H,1,9-11H2,2-3H3/t15-,20?,21?,22+,23-,25?,26?,27+,28?,30?/m0/s1. The molecule has 10 atom stereocenters. The Morgan fingerprint density at radius 2 is 1.63 bits per heavy atom. The van der Waals surface area contributed by atoms with Crippen molar-refractivity contribution in [3.63, 3.8) is 0 Å². The molecule has 3 N–H and O–H groups in total. The van der Waals surface area contributed by atoms with Crippen LogP contribution in [0.4, 0.5) is 0 Å². The van der Waals surface area contributed by atoms with Crippen LogP contribution >= 0.6 is 0 Å². The molecule has 0 bridgehead atoms. The maximum Gasteiger partial charge on any atom is 0.310 e. The molecule has 4 aliphatic heterocycles. The monoisotopic (exact) mass is 600 g/mol. The third kappa shape index (κ3) is 4.50. The predicted octanol–water partition coefficient (Wildman–Crippen LogP) is 1.50. The summed E-state index contributed by atoms with van der Waals surface area (Å²) >= 11 is 0. The zero-order chi connectivity index (χ0) is 30.0. The first-order valence-corrected chi connectivity index (χ1v) is 13.9. The van der Waals surface area contributed by atoms with Crippen molar-refractivity contribution in [1.82, 2.24) is 0 Å². The average Bonchev–Trinajstić information content (AvgIpc) is 3.65. The molecule has 7 rings (SSSR count). The lowest BCUT2D eigenvalue weighted by Crippen LogP contribution is -2.63. The fourth-order valence-electron chi connectivity index (χ4n) is 6.75. The summed E-state index contributed by atoms with van der Waals surface area (Å²) in [5.41, 5.74) is 1.99. The number of cyclic esters (lactones) is 1. The van der Waals surface area contributed by atoms with Gasteiger partial charge < -0.3 is 58.0 Å². The minimum atomic E-state index is -1.47. The van der Waals surface area contributed by atoms with Gasteiger partial charge in [-0.3, -0.25) is 4.79 Å². The first kappa shape index (κ1) is 28.2. The molecule has 13 nitrogen and oxygen atoms in total. The lowest BCUT2D eigenvalue weighted by atomic mass is 9.66. The number of rotatable bonds is 6. The number of hydrogen-bond acceptors (Lipinski definition) is 13. The Morgan fingerprint density at radius 3 is 2.30 bits per heavy atom. The Hall–Kier alpha value is -3.59. The van der Waals surface area contributed by atoms with Crippen molar-refractivity contribution in [3.05, 3.63) is 53.6 Å². The summed E-state index contributed by atoms with van der Waals surface area (Å²) in [5, 5.41) is 32.6. The van der Waals surface area contributed by atoms with Crippen molar-refractivity contribution >= 4 is 5.97 Å². The van der Waals surface area contributed by atoms with E-state index in [1.54, 1.807) is 24.3 Å². The van der Waals surface area contributed by atoms with Crippen LogP contribution in [-0.4, -0.2) is 92.5 Å². The maximum atomic E-state index is 13.4. The molecule has 3 saturated heterocycles. The van der Waals surface area contributed by atoms with Gasteiger partial charge >= 0.3 is 5.97 Å².